The number of nitrogens with one attached hydrogen (secondary N) is 1. The Hall–Kier alpha value is -1.03. The zero-order valence-corrected chi connectivity index (χ0v) is 10.6. The SMILES string of the molecule is Cc1cc(C)c(C(C)NCC(F)(F)F)cc1C. The summed E-state index contributed by atoms with van der Waals surface area (Å²) in [6, 6.07) is 3.67. The van der Waals surface area contributed by atoms with Crippen molar-refractivity contribution in [3.63, 3.8) is 0 Å². The van der Waals surface area contributed by atoms with Gasteiger partial charge in [0.1, 0.15) is 0 Å². The van der Waals surface area contributed by atoms with Gasteiger partial charge in [-0.1, -0.05) is 12.1 Å². The molecule has 0 saturated heterocycles. The van der Waals surface area contributed by atoms with Gasteiger partial charge in [-0.15, -0.1) is 0 Å². The van der Waals surface area contributed by atoms with Crippen LogP contribution >= 0.6 is 0 Å². The fourth-order valence-corrected chi connectivity index (χ4v) is 1.83. The smallest absolute Gasteiger partial charge is 0.302 e. The van der Waals surface area contributed by atoms with E-state index in [2.05, 4.69) is 5.32 Å². The van der Waals surface area contributed by atoms with Crippen LogP contribution in [-0.4, -0.2) is 12.7 Å². The van der Waals surface area contributed by atoms with Gasteiger partial charge in [0.2, 0.25) is 0 Å². The summed E-state index contributed by atoms with van der Waals surface area (Å²) >= 11 is 0. The number of hydrogen-bond acceptors (Lipinski definition) is 1. The first-order valence-corrected chi connectivity index (χ1v) is 5.58. The second-order valence-electron chi connectivity index (χ2n) is 4.51. The lowest BCUT2D eigenvalue weighted by Gasteiger charge is -2.19. The summed E-state index contributed by atoms with van der Waals surface area (Å²) in [7, 11) is 0. The van der Waals surface area contributed by atoms with Gasteiger partial charge in [0, 0.05) is 6.04 Å². The Morgan fingerprint density at radius 1 is 1.06 bits per heavy atom. The third-order valence-electron chi connectivity index (χ3n) is 2.96. The molecule has 0 heterocycles. The van der Waals surface area contributed by atoms with E-state index in [9.17, 15) is 13.2 Å². The van der Waals surface area contributed by atoms with Crippen LogP contribution in [0.4, 0.5) is 13.2 Å². The zero-order chi connectivity index (χ0) is 13.2. The molecule has 1 atom stereocenters. The van der Waals surface area contributed by atoms with Crippen molar-refractivity contribution in [2.45, 2.75) is 39.9 Å². The molecule has 0 radical (unpaired) electrons. The molecule has 1 N–H and O–H groups in total. The quantitative estimate of drug-likeness (QED) is 0.853. The molecule has 0 amide bonds. The van der Waals surface area contributed by atoms with Crippen molar-refractivity contribution in [1.29, 1.82) is 0 Å². The molecular formula is C13H18F3N. The number of rotatable bonds is 3. The topological polar surface area (TPSA) is 12.0 Å². The summed E-state index contributed by atoms with van der Waals surface area (Å²) in [5.41, 5.74) is 4.22. The summed E-state index contributed by atoms with van der Waals surface area (Å²) in [6.07, 6.45) is -4.16. The molecule has 1 rings (SSSR count). The van der Waals surface area contributed by atoms with E-state index in [-0.39, 0.29) is 6.04 Å². The molecule has 4 heteroatoms. The van der Waals surface area contributed by atoms with Crippen LogP contribution < -0.4 is 5.32 Å². The van der Waals surface area contributed by atoms with Crippen LogP contribution in [0, 0.1) is 20.8 Å². The number of alkyl halides is 3. The van der Waals surface area contributed by atoms with Crippen LogP contribution in [0.25, 0.3) is 0 Å². The van der Waals surface area contributed by atoms with E-state index in [1.165, 1.54) is 0 Å². The lowest BCUT2D eigenvalue weighted by Crippen LogP contribution is -2.31. The van der Waals surface area contributed by atoms with Gasteiger partial charge >= 0.3 is 6.18 Å². The highest BCUT2D eigenvalue weighted by Crippen LogP contribution is 2.22. The highest BCUT2D eigenvalue weighted by molar-refractivity contribution is 5.37. The van der Waals surface area contributed by atoms with Crippen molar-refractivity contribution in [3.8, 4) is 0 Å². The molecule has 96 valence electrons. The van der Waals surface area contributed by atoms with Crippen molar-refractivity contribution in [2.24, 2.45) is 0 Å². The highest BCUT2D eigenvalue weighted by Gasteiger charge is 2.27. The van der Waals surface area contributed by atoms with Crippen LogP contribution in [0.5, 0.6) is 0 Å². The van der Waals surface area contributed by atoms with Gasteiger partial charge in [0.15, 0.2) is 0 Å². The van der Waals surface area contributed by atoms with Crippen molar-refractivity contribution >= 4 is 0 Å². The van der Waals surface area contributed by atoms with E-state index in [1.54, 1.807) is 6.92 Å². The Bertz CT molecular complexity index is 396. The van der Waals surface area contributed by atoms with Gasteiger partial charge < -0.3 is 5.32 Å². The number of benzene rings is 1. The van der Waals surface area contributed by atoms with Crippen molar-refractivity contribution < 1.29 is 13.2 Å². The Kier molecular flexibility index (Phi) is 4.20. The molecule has 1 nitrogen and oxygen atoms in total. The van der Waals surface area contributed by atoms with Gasteiger partial charge in [0.25, 0.3) is 0 Å². The molecule has 0 bridgehead atoms. The Morgan fingerprint density at radius 2 is 1.59 bits per heavy atom. The average molecular weight is 245 g/mol. The van der Waals surface area contributed by atoms with Gasteiger partial charge in [-0.2, -0.15) is 13.2 Å². The fraction of sp³-hybridized carbons (Fsp3) is 0.538. The molecule has 17 heavy (non-hydrogen) atoms. The molecular weight excluding hydrogens is 227 g/mol. The predicted molar refractivity (Wildman–Crippen MR) is 63.1 cm³/mol. The maximum atomic E-state index is 12.1. The van der Waals surface area contributed by atoms with Crippen LogP contribution in [0.1, 0.15) is 35.2 Å². The third-order valence-corrected chi connectivity index (χ3v) is 2.96. The van der Waals surface area contributed by atoms with E-state index in [0.29, 0.717) is 0 Å². The Morgan fingerprint density at radius 3 is 2.12 bits per heavy atom. The fourth-order valence-electron chi connectivity index (χ4n) is 1.83. The minimum Gasteiger partial charge on any atom is -0.302 e. The standard InChI is InChI=1S/C13H18F3N/c1-8-5-10(3)12(6-9(8)2)11(4)17-7-13(14,15)16/h5-6,11,17H,7H2,1-4H3. The Labute approximate surface area is 100 Å². The summed E-state index contributed by atoms with van der Waals surface area (Å²) in [5.74, 6) is 0. The molecule has 1 aromatic carbocycles. The number of hydrogen-bond donors (Lipinski definition) is 1. The van der Waals surface area contributed by atoms with Crippen molar-refractivity contribution in [2.75, 3.05) is 6.54 Å². The second kappa shape index (κ2) is 5.08. The van der Waals surface area contributed by atoms with E-state index >= 15 is 0 Å². The first-order chi connectivity index (χ1) is 7.70. The van der Waals surface area contributed by atoms with Gasteiger partial charge in [-0.25, -0.2) is 0 Å². The van der Waals surface area contributed by atoms with Gasteiger partial charge in [-0.3, -0.25) is 0 Å². The summed E-state index contributed by atoms with van der Waals surface area (Å²) in [6.45, 7) is 6.69. The predicted octanol–water partition coefficient (Wildman–Crippen LogP) is 3.82. The van der Waals surface area contributed by atoms with Gasteiger partial charge in [0.05, 0.1) is 6.54 Å². The van der Waals surface area contributed by atoms with Crippen LogP contribution in [0.3, 0.4) is 0 Å². The molecule has 0 saturated carbocycles. The van der Waals surface area contributed by atoms with E-state index in [0.717, 1.165) is 22.3 Å². The maximum absolute atomic E-state index is 12.1. The minimum atomic E-state index is -4.16. The largest absolute Gasteiger partial charge is 0.401 e. The molecule has 0 aliphatic heterocycles. The summed E-state index contributed by atoms with van der Waals surface area (Å²) < 4.78 is 36.3. The van der Waals surface area contributed by atoms with Crippen molar-refractivity contribution in [3.05, 3.63) is 34.4 Å². The maximum Gasteiger partial charge on any atom is 0.401 e. The number of halogens is 3. The van der Waals surface area contributed by atoms with Crippen LogP contribution in [-0.2, 0) is 0 Å². The summed E-state index contributed by atoms with van der Waals surface area (Å²) in [4.78, 5) is 0. The monoisotopic (exact) mass is 245 g/mol. The molecule has 1 unspecified atom stereocenters. The van der Waals surface area contributed by atoms with E-state index in [4.69, 9.17) is 0 Å². The lowest BCUT2D eigenvalue weighted by atomic mass is 9.96. The summed E-state index contributed by atoms with van der Waals surface area (Å²) in [5, 5.41) is 2.50. The van der Waals surface area contributed by atoms with Gasteiger partial charge in [-0.05, 0) is 49.9 Å². The second-order valence-corrected chi connectivity index (χ2v) is 4.51. The van der Waals surface area contributed by atoms with Crippen molar-refractivity contribution in [1.82, 2.24) is 5.32 Å². The first-order valence-electron chi connectivity index (χ1n) is 5.58. The third kappa shape index (κ3) is 4.04. The first kappa shape index (κ1) is 14.0. The molecule has 0 spiro atoms. The minimum absolute atomic E-state index is 0.295. The molecule has 0 fully saturated rings. The lowest BCUT2D eigenvalue weighted by molar-refractivity contribution is -0.126. The van der Waals surface area contributed by atoms with E-state index < -0.39 is 12.7 Å². The molecule has 0 aliphatic rings. The van der Waals surface area contributed by atoms with E-state index in [1.807, 2.05) is 32.9 Å². The Balaban J connectivity index is 2.82. The average Bonchev–Trinajstić information content (AvgIpc) is 2.19. The van der Waals surface area contributed by atoms with Crippen LogP contribution in [0.2, 0.25) is 0 Å². The molecule has 0 aromatic heterocycles. The zero-order valence-electron chi connectivity index (χ0n) is 10.6. The van der Waals surface area contributed by atoms with Crippen LogP contribution in [0.15, 0.2) is 12.1 Å². The normalized spacial score (nSPS) is 13.8. The molecule has 1 aromatic rings. The molecule has 0 aliphatic carbocycles. The highest BCUT2D eigenvalue weighted by atomic mass is 19.4. The number of aryl methyl sites for hydroxylation is 3.